The third-order valence-corrected chi connectivity index (χ3v) is 4.28. The molecule has 0 aliphatic carbocycles. The van der Waals surface area contributed by atoms with Crippen molar-refractivity contribution in [1.29, 1.82) is 0 Å². The van der Waals surface area contributed by atoms with Crippen LogP contribution in [0, 0.1) is 0 Å². The summed E-state index contributed by atoms with van der Waals surface area (Å²) in [5.74, 6) is 0. The Hall–Kier alpha value is -1.34. The molecule has 2 aliphatic heterocycles. The third-order valence-electron chi connectivity index (χ3n) is 4.03. The summed E-state index contributed by atoms with van der Waals surface area (Å²) >= 11 is 5.91. The maximum Gasteiger partial charge on any atom is 0.339 e. The van der Waals surface area contributed by atoms with Crippen molar-refractivity contribution in [3.05, 3.63) is 34.9 Å². The summed E-state index contributed by atoms with van der Waals surface area (Å²) in [6.07, 6.45) is 3.09. The smallest absolute Gasteiger partial charge is 0.339 e. The van der Waals surface area contributed by atoms with Crippen LogP contribution >= 0.6 is 11.6 Å². The highest BCUT2D eigenvalue weighted by Crippen LogP contribution is 2.29. The average Bonchev–Trinajstić information content (AvgIpc) is 3.03. The second-order valence-corrected chi connectivity index (χ2v) is 6.16. The van der Waals surface area contributed by atoms with Gasteiger partial charge in [-0.25, -0.2) is 15.1 Å². The molecule has 0 radical (unpaired) electrons. The topological polar surface area (TPSA) is 68.8 Å². The van der Waals surface area contributed by atoms with Gasteiger partial charge in [-0.2, -0.15) is 0 Å². The Kier molecular flexibility index (Phi) is 5.72. The van der Waals surface area contributed by atoms with Gasteiger partial charge in [-0.15, -0.1) is 0 Å². The third kappa shape index (κ3) is 4.57. The van der Waals surface area contributed by atoms with Crippen molar-refractivity contribution in [1.82, 2.24) is 10.8 Å². The molecule has 0 saturated carbocycles. The van der Waals surface area contributed by atoms with Gasteiger partial charge in [0.25, 0.3) is 0 Å². The van der Waals surface area contributed by atoms with Gasteiger partial charge in [0, 0.05) is 24.7 Å². The lowest BCUT2D eigenvalue weighted by Crippen LogP contribution is -2.45. The van der Waals surface area contributed by atoms with Crippen molar-refractivity contribution in [2.24, 2.45) is 0 Å². The standard InChI is InChI=1S/C16H21ClN2O4/c17-12-6-4-11(5-7-12)15-13(8-10-22-15)18-16(20)19-23-14-3-1-2-9-21-14/h4-7,13-15H,1-3,8-10H2,(H2,18,19,20)/t13-,14+,15-/m0/s1. The lowest BCUT2D eigenvalue weighted by Gasteiger charge is -2.24. The molecule has 3 atom stereocenters. The van der Waals surface area contributed by atoms with E-state index in [9.17, 15) is 4.79 Å². The predicted molar refractivity (Wildman–Crippen MR) is 84.9 cm³/mol. The van der Waals surface area contributed by atoms with E-state index in [1.807, 2.05) is 24.3 Å². The molecule has 0 bridgehead atoms. The number of hydroxylamine groups is 1. The van der Waals surface area contributed by atoms with E-state index in [2.05, 4.69) is 10.8 Å². The highest BCUT2D eigenvalue weighted by atomic mass is 35.5. The lowest BCUT2D eigenvalue weighted by atomic mass is 10.0. The quantitative estimate of drug-likeness (QED) is 0.827. The maximum absolute atomic E-state index is 12.0. The number of hydrogen-bond donors (Lipinski definition) is 2. The molecule has 1 aromatic rings. The zero-order chi connectivity index (χ0) is 16.1. The number of halogens is 1. The van der Waals surface area contributed by atoms with Crippen molar-refractivity contribution >= 4 is 17.6 Å². The van der Waals surface area contributed by atoms with Crippen LogP contribution in [0.1, 0.15) is 37.4 Å². The van der Waals surface area contributed by atoms with E-state index < -0.39 is 0 Å². The van der Waals surface area contributed by atoms with Crippen LogP contribution in [0.25, 0.3) is 0 Å². The molecule has 23 heavy (non-hydrogen) atoms. The average molecular weight is 341 g/mol. The van der Waals surface area contributed by atoms with Gasteiger partial charge < -0.3 is 14.8 Å². The van der Waals surface area contributed by atoms with Crippen molar-refractivity contribution in [3.8, 4) is 0 Å². The van der Waals surface area contributed by atoms with Crippen LogP contribution in [0.4, 0.5) is 4.79 Å². The molecule has 2 heterocycles. The zero-order valence-corrected chi connectivity index (χ0v) is 13.6. The number of benzene rings is 1. The second-order valence-electron chi connectivity index (χ2n) is 5.73. The first kappa shape index (κ1) is 16.5. The van der Waals surface area contributed by atoms with Crippen LogP contribution in [0.3, 0.4) is 0 Å². The number of ether oxygens (including phenoxy) is 2. The molecule has 0 spiro atoms. The van der Waals surface area contributed by atoms with Crippen molar-refractivity contribution < 1.29 is 19.1 Å². The van der Waals surface area contributed by atoms with E-state index in [1.54, 1.807) is 0 Å². The van der Waals surface area contributed by atoms with Crippen LogP contribution in [-0.4, -0.2) is 31.6 Å². The normalized spacial score (nSPS) is 27.6. The van der Waals surface area contributed by atoms with Gasteiger partial charge in [-0.1, -0.05) is 23.7 Å². The van der Waals surface area contributed by atoms with E-state index >= 15 is 0 Å². The van der Waals surface area contributed by atoms with Crippen LogP contribution in [0.2, 0.25) is 5.02 Å². The van der Waals surface area contributed by atoms with Crippen LogP contribution in [-0.2, 0) is 14.3 Å². The summed E-state index contributed by atoms with van der Waals surface area (Å²) in [5.41, 5.74) is 3.40. The van der Waals surface area contributed by atoms with Gasteiger partial charge in [-0.05, 0) is 37.0 Å². The molecule has 0 unspecified atom stereocenters. The first-order valence-corrected chi connectivity index (χ1v) is 8.31. The zero-order valence-electron chi connectivity index (χ0n) is 12.8. The minimum atomic E-state index is -0.381. The molecule has 2 aliphatic rings. The Morgan fingerprint density at radius 3 is 2.70 bits per heavy atom. The summed E-state index contributed by atoms with van der Waals surface area (Å²) in [6.45, 7) is 1.27. The first-order chi connectivity index (χ1) is 11.2. The summed E-state index contributed by atoms with van der Waals surface area (Å²) in [7, 11) is 0. The highest BCUT2D eigenvalue weighted by Gasteiger charge is 2.31. The highest BCUT2D eigenvalue weighted by molar-refractivity contribution is 6.30. The molecule has 126 valence electrons. The van der Waals surface area contributed by atoms with E-state index in [1.165, 1.54) is 0 Å². The molecule has 2 N–H and O–H groups in total. The second kappa shape index (κ2) is 7.97. The van der Waals surface area contributed by atoms with Gasteiger partial charge in [0.2, 0.25) is 0 Å². The first-order valence-electron chi connectivity index (χ1n) is 7.93. The number of carbonyl (C=O) groups excluding carboxylic acids is 1. The van der Waals surface area contributed by atoms with Crippen LogP contribution in [0.15, 0.2) is 24.3 Å². The van der Waals surface area contributed by atoms with E-state index in [4.69, 9.17) is 25.9 Å². The Morgan fingerprint density at radius 1 is 1.13 bits per heavy atom. The summed E-state index contributed by atoms with van der Waals surface area (Å²) in [5, 5.41) is 3.57. The summed E-state index contributed by atoms with van der Waals surface area (Å²) in [4.78, 5) is 17.3. The fraction of sp³-hybridized carbons (Fsp3) is 0.562. The molecule has 6 nitrogen and oxygen atoms in total. The molecular weight excluding hydrogens is 320 g/mol. The number of carbonyl (C=O) groups is 1. The Labute approximate surface area is 140 Å². The predicted octanol–water partition coefficient (Wildman–Crippen LogP) is 2.93. The largest absolute Gasteiger partial charge is 0.371 e. The van der Waals surface area contributed by atoms with Crippen molar-refractivity contribution in [3.63, 3.8) is 0 Å². The van der Waals surface area contributed by atoms with Crippen molar-refractivity contribution in [2.75, 3.05) is 13.2 Å². The van der Waals surface area contributed by atoms with Crippen molar-refractivity contribution in [2.45, 2.75) is 44.1 Å². The maximum atomic E-state index is 12.0. The Balaban J connectivity index is 1.49. The van der Waals surface area contributed by atoms with Gasteiger partial charge in [0.15, 0.2) is 6.29 Å². The molecule has 2 amide bonds. The summed E-state index contributed by atoms with van der Waals surface area (Å²) in [6, 6.07) is 6.98. The molecule has 0 aromatic heterocycles. The van der Waals surface area contributed by atoms with Gasteiger partial charge >= 0.3 is 6.03 Å². The number of rotatable bonds is 4. The monoisotopic (exact) mass is 340 g/mol. The van der Waals surface area contributed by atoms with E-state index in [0.29, 0.717) is 18.2 Å². The molecule has 1 aromatic carbocycles. The van der Waals surface area contributed by atoms with Gasteiger partial charge in [0.1, 0.15) is 6.10 Å². The van der Waals surface area contributed by atoms with Gasteiger partial charge in [0.05, 0.1) is 6.04 Å². The molecular formula is C16H21ClN2O4. The number of nitrogens with one attached hydrogen (secondary N) is 2. The molecule has 7 heteroatoms. The fourth-order valence-corrected chi connectivity index (χ4v) is 2.97. The van der Waals surface area contributed by atoms with E-state index in [-0.39, 0.29) is 24.5 Å². The molecule has 2 saturated heterocycles. The SMILES string of the molecule is O=C(NO[C@@H]1CCCCO1)N[C@H]1CCO[C@H]1c1ccc(Cl)cc1. The summed E-state index contributed by atoms with van der Waals surface area (Å²) < 4.78 is 11.1. The molecule has 3 rings (SSSR count). The Morgan fingerprint density at radius 2 is 1.96 bits per heavy atom. The number of urea groups is 1. The lowest BCUT2D eigenvalue weighted by molar-refractivity contribution is -0.186. The minimum Gasteiger partial charge on any atom is -0.371 e. The number of hydrogen-bond acceptors (Lipinski definition) is 4. The molecule has 2 fully saturated rings. The fourth-order valence-electron chi connectivity index (χ4n) is 2.84. The minimum absolute atomic E-state index is 0.105. The van der Waals surface area contributed by atoms with Crippen LogP contribution < -0.4 is 10.8 Å². The van der Waals surface area contributed by atoms with Crippen LogP contribution in [0.5, 0.6) is 0 Å². The number of amides is 2. The Bertz CT molecular complexity index is 519. The van der Waals surface area contributed by atoms with E-state index in [0.717, 1.165) is 31.2 Å². The van der Waals surface area contributed by atoms with Gasteiger partial charge in [-0.3, -0.25) is 0 Å².